The lowest BCUT2D eigenvalue weighted by Crippen LogP contribution is -2.32. The van der Waals surface area contributed by atoms with Gasteiger partial charge in [0.15, 0.2) is 0 Å². The summed E-state index contributed by atoms with van der Waals surface area (Å²) in [5, 5.41) is 14.8. The Kier molecular flexibility index (Phi) is 3.35. The molecule has 1 aromatic rings. The molecule has 3 nitrogen and oxygen atoms in total. The van der Waals surface area contributed by atoms with Gasteiger partial charge < -0.3 is 16.2 Å². The monoisotopic (exact) mass is 172 g/mol. The molecule has 0 saturated heterocycles. The Hall–Kier alpha value is -0.580. The number of anilines is 1. The van der Waals surface area contributed by atoms with E-state index < -0.39 is 0 Å². The average molecular weight is 172 g/mol. The summed E-state index contributed by atoms with van der Waals surface area (Å²) in [6.45, 7) is 0.648. The molecule has 0 aromatic carbocycles. The zero-order valence-corrected chi connectivity index (χ0v) is 6.97. The highest BCUT2D eigenvalue weighted by molar-refractivity contribution is 7.14. The molecule has 4 heteroatoms. The first kappa shape index (κ1) is 8.52. The maximum atomic E-state index is 8.60. The van der Waals surface area contributed by atoms with Crippen LogP contribution in [0.5, 0.6) is 0 Å². The number of thiophene rings is 1. The van der Waals surface area contributed by atoms with Crippen molar-refractivity contribution in [1.29, 1.82) is 0 Å². The molecule has 0 radical (unpaired) electrons. The molecule has 0 amide bonds. The van der Waals surface area contributed by atoms with Crippen molar-refractivity contribution in [2.45, 2.75) is 6.04 Å². The fourth-order valence-corrected chi connectivity index (χ4v) is 1.30. The van der Waals surface area contributed by atoms with Crippen molar-refractivity contribution in [3.8, 4) is 0 Å². The number of aliphatic hydroxyl groups excluding tert-OH is 1. The SMILES string of the molecule is NC(CO)CNc1cccs1. The summed E-state index contributed by atoms with van der Waals surface area (Å²) >= 11 is 1.63. The third-order valence-corrected chi connectivity index (χ3v) is 2.12. The zero-order chi connectivity index (χ0) is 8.10. The molecule has 1 heterocycles. The molecule has 1 unspecified atom stereocenters. The highest BCUT2D eigenvalue weighted by Gasteiger charge is 1.98. The molecule has 1 atom stereocenters. The molecule has 0 bridgehead atoms. The molecule has 62 valence electrons. The van der Waals surface area contributed by atoms with Gasteiger partial charge in [0.1, 0.15) is 0 Å². The van der Waals surface area contributed by atoms with Crippen LogP contribution in [0.3, 0.4) is 0 Å². The lowest BCUT2D eigenvalue weighted by atomic mass is 10.3. The van der Waals surface area contributed by atoms with E-state index in [9.17, 15) is 0 Å². The summed E-state index contributed by atoms with van der Waals surface area (Å²) in [6, 6.07) is 3.78. The maximum Gasteiger partial charge on any atom is 0.0882 e. The van der Waals surface area contributed by atoms with Crippen LogP contribution in [0.4, 0.5) is 5.00 Å². The van der Waals surface area contributed by atoms with E-state index in [-0.39, 0.29) is 12.6 Å². The van der Waals surface area contributed by atoms with E-state index in [0.29, 0.717) is 6.54 Å². The second kappa shape index (κ2) is 4.33. The highest BCUT2D eigenvalue weighted by Crippen LogP contribution is 2.14. The number of nitrogens with two attached hydrogens (primary N) is 1. The molecule has 1 aromatic heterocycles. The van der Waals surface area contributed by atoms with Crippen LogP contribution in [-0.2, 0) is 0 Å². The summed E-state index contributed by atoms with van der Waals surface area (Å²) in [6.07, 6.45) is 0. The number of hydrogen-bond acceptors (Lipinski definition) is 4. The normalized spacial score (nSPS) is 12.9. The predicted molar refractivity (Wildman–Crippen MR) is 47.9 cm³/mol. The van der Waals surface area contributed by atoms with Gasteiger partial charge in [0.25, 0.3) is 0 Å². The smallest absolute Gasteiger partial charge is 0.0882 e. The Balaban J connectivity index is 2.23. The largest absolute Gasteiger partial charge is 0.395 e. The molecular weight excluding hydrogens is 160 g/mol. The van der Waals surface area contributed by atoms with Crippen molar-refractivity contribution in [1.82, 2.24) is 0 Å². The fraction of sp³-hybridized carbons (Fsp3) is 0.429. The Morgan fingerprint density at radius 1 is 1.73 bits per heavy atom. The van der Waals surface area contributed by atoms with Crippen LogP contribution < -0.4 is 11.1 Å². The van der Waals surface area contributed by atoms with E-state index in [1.165, 1.54) is 0 Å². The molecule has 0 spiro atoms. The molecule has 1 rings (SSSR count). The van der Waals surface area contributed by atoms with Crippen molar-refractivity contribution in [2.24, 2.45) is 5.73 Å². The summed E-state index contributed by atoms with van der Waals surface area (Å²) in [5.41, 5.74) is 5.48. The zero-order valence-electron chi connectivity index (χ0n) is 6.16. The van der Waals surface area contributed by atoms with Crippen molar-refractivity contribution < 1.29 is 5.11 Å². The molecule has 0 aliphatic rings. The van der Waals surface area contributed by atoms with Crippen molar-refractivity contribution in [3.05, 3.63) is 17.5 Å². The first-order valence-corrected chi connectivity index (χ1v) is 4.34. The summed E-state index contributed by atoms with van der Waals surface area (Å²) < 4.78 is 0. The minimum absolute atomic E-state index is 0.0262. The van der Waals surface area contributed by atoms with E-state index in [2.05, 4.69) is 5.32 Å². The van der Waals surface area contributed by atoms with Gasteiger partial charge in [0, 0.05) is 12.6 Å². The third kappa shape index (κ3) is 2.88. The van der Waals surface area contributed by atoms with E-state index in [0.717, 1.165) is 5.00 Å². The van der Waals surface area contributed by atoms with Crippen LogP contribution in [-0.4, -0.2) is 24.3 Å². The third-order valence-electron chi connectivity index (χ3n) is 1.29. The van der Waals surface area contributed by atoms with E-state index in [4.69, 9.17) is 10.8 Å². The highest BCUT2D eigenvalue weighted by atomic mass is 32.1. The van der Waals surface area contributed by atoms with Crippen LogP contribution in [0, 0.1) is 0 Å². The first-order chi connectivity index (χ1) is 5.33. The Morgan fingerprint density at radius 2 is 2.55 bits per heavy atom. The van der Waals surface area contributed by atoms with Gasteiger partial charge >= 0.3 is 0 Å². The van der Waals surface area contributed by atoms with Gasteiger partial charge in [0.05, 0.1) is 11.6 Å². The minimum atomic E-state index is -0.169. The van der Waals surface area contributed by atoms with Gasteiger partial charge in [-0.2, -0.15) is 0 Å². The molecule has 0 aliphatic heterocycles. The van der Waals surface area contributed by atoms with Gasteiger partial charge in [0.2, 0.25) is 0 Å². The van der Waals surface area contributed by atoms with Crippen LogP contribution in [0.15, 0.2) is 17.5 Å². The standard InChI is InChI=1S/C7H12N2OS/c8-6(5-10)4-9-7-2-1-3-11-7/h1-3,6,9-10H,4-5,8H2. The summed E-state index contributed by atoms with van der Waals surface area (Å²) in [5.74, 6) is 0. The van der Waals surface area contributed by atoms with Gasteiger partial charge in [-0.1, -0.05) is 0 Å². The van der Waals surface area contributed by atoms with E-state index in [1.807, 2.05) is 17.5 Å². The first-order valence-electron chi connectivity index (χ1n) is 3.46. The second-order valence-corrected chi connectivity index (χ2v) is 3.25. The topological polar surface area (TPSA) is 58.3 Å². The Bertz CT molecular complexity index is 188. The van der Waals surface area contributed by atoms with Gasteiger partial charge in [-0.25, -0.2) is 0 Å². The van der Waals surface area contributed by atoms with Gasteiger partial charge in [-0.3, -0.25) is 0 Å². The van der Waals surface area contributed by atoms with Crippen molar-refractivity contribution >= 4 is 16.3 Å². The average Bonchev–Trinajstić information content (AvgIpc) is 2.52. The molecule has 11 heavy (non-hydrogen) atoms. The van der Waals surface area contributed by atoms with E-state index >= 15 is 0 Å². The van der Waals surface area contributed by atoms with E-state index in [1.54, 1.807) is 11.3 Å². The molecule has 0 aliphatic carbocycles. The number of rotatable bonds is 4. The van der Waals surface area contributed by atoms with Crippen molar-refractivity contribution in [2.75, 3.05) is 18.5 Å². The lowest BCUT2D eigenvalue weighted by molar-refractivity contribution is 0.270. The second-order valence-electron chi connectivity index (χ2n) is 2.30. The van der Waals surface area contributed by atoms with Crippen LogP contribution in [0.2, 0.25) is 0 Å². The quantitative estimate of drug-likeness (QED) is 0.619. The fourth-order valence-electron chi connectivity index (χ4n) is 0.675. The van der Waals surface area contributed by atoms with Crippen LogP contribution in [0.25, 0.3) is 0 Å². The van der Waals surface area contributed by atoms with Crippen molar-refractivity contribution in [3.63, 3.8) is 0 Å². The predicted octanol–water partition coefficient (Wildman–Crippen LogP) is 0.480. The maximum absolute atomic E-state index is 8.60. The Labute approximate surface area is 69.9 Å². The molecule has 0 fully saturated rings. The number of hydrogen-bond donors (Lipinski definition) is 3. The van der Waals surface area contributed by atoms with Crippen LogP contribution >= 0.6 is 11.3 Å². The number of nitrogens with one attached hydrogen (secondary N) is 1. The van der Waals surface area contributed by atoms with Crippen LogP contribution in [0.1, 0.15) is 0 Å². The van der Waals surface area contributed by atoms with Gasteiger partial charge in [-0.05, 0) is 17.5 Å². The number of aliphatic hydroxyl groups is 1. The summed E-state index contributed by atoms with van der Waals surface area (Å²) in [7, 11) is 0. The Morgan fingerprint density at radius 3 is 3.09 bits per heavy atom. The minimum Gasteiger partial charge on any atom is -0.395 e. The summed E-state index contributed by atoms with van der Waals surface area (Å²) in [4.78, 5) is 0. The molecule has 0 saturated carbocycles. The molecular formula is C7H12N2OS. The lowest BCUT2D eigenvalue weighted by Gasteiger charge is -2.08. The molecule has 4 N–H and O–H groups in total. The van der Waals surface area contributed by atoms with Gasteiger partial charge in [-0.15, -0.1) is 11.3 Å².